The fourth-order valence-corrected chi connectivity index (χ4v) is 9.21. The second-order valence-electron chi connectivity index (χ2n) is 16.8. The zero-order chi connectivity index (χ0) is 43.3. The van der Waals surface area contributed by atoms with Gasteiger partial charge in [-0.3, -0.25) is 28.9 Å². The number of alkyl halides is 2. The first-order valence-corrected chi connectivity index (χ1v) is 21.7. The van der Waals surface area contributed by atoms with Crippen LogP contribution < -0.4 is 21.7 Å². The predicted molar refractivity (Wildman–Crippen MR) is 228 cm³/mol. The molecule has 0 spiro atoms. The summed E-state index contributed by atoms with van der Waals surface area (Å²) in [7, 11) is 0. The van der Waals surface area contributed by atoms with E-state index in [1.807, 2.05) is 18.2 Å². The molecule has 0 radical (unpaired) electrons. The number of piperazine rings is 1. The molecule has 3 aromatic rings. The summed E-state index contributed by atoms with van der Waals surface area (Å²) in [6.07, 6.45) is 9.81. The molecule has 1 atom stereocenters. The minimum atomic E-state index is -2.86. The Hall–Kier alpha value is -5.53. The van der Waals surface area contributed by atoms with Gasteiger partial charge in [0.05, 0.1) is 28.9 Å². The van der Waals surface area contributed by atoms with Crippen LogP contribution in [0.15, 0.2) is 67.4 Å². The fraction of sp³-hybridized carbons (Fsp3) is 0.558. The number of nitrogens with one attached hydrogen (secondary N) is 3. The number of benzene rings is 1. The Balaban J connectivity index is 0.771. The predicted octanol–water partition coefficient (Wildman–Crippen LogP) is 4.47. The molecule has 3 saturated heterocycles. The average molecular weight is 860 g/mol. The van der Waals surface area contributed by atoms with Gasteiger partial charge >= 0.3 is 5.76 Å². The smallest absolute Gasteiger partial charge is 0.408 e. The molecule has 6 heterocycles. The second kappa shape index (κ2) is 19.2. The number of fused-ring (bicyclic) bond motifs is 1. The number of likely N-dealkylation sites (tertiary alicyclic amines) is 1. The van der Waals surface area contributed by atoms with Crippen LogP contribution in [0.1, 0.15) is 94.5 Å². The summed E-state index contributed by atoms with van der Waals surface area (Å²) in [4.78, 5) is 59.4. The Morgan fingerprint density at radius 3 is 2.56 bits per heavy atom. The number of aromatic nitrogens is 3. The molecule has 4 aliphatic heterocycles. The number of aliphatic imine (C=N–C) groups is 1. The van der Waals surface area contributed by atoms with E-state index in [4.69, 9.17) is 14.1 Å². The number of amidine groups is 1. The lowest BCUT2D eigenvalue weighted by atomic mass is 9.85. The third kappa shape index (κ3) is 9.74. The first kappa shape index (κ1) is 43.1. The van der Waals surface area contributed by atoms with E-state index in [0.29, 0.717) is 29.5 Å². The molecule has 3 N–H and O–H groups in total. The minimum Gasteiger partial charge on any atom is -0.408 e. The number of hydrazone groups is 1. The molecule has 17 nitrogen and oxygen atoms in total. The quantitative estimate of drug-likeness (QED) is 0.0955. The van der Waals surface area contributed by atoms with Crippen molar-refractivity contribution in [1.29, 1.82) is 0 Å². The van der Waals surface area contributed by atoms with Crippen molar-refractivity contribution >= 4 is 47.1 Å². The molecule has 5 aliphatic rings. The summed E-state index contributed by atoms with van der Waals surface area (Å²) in [5, 5.41) is 17.9. The van der Waals surface area contributed by atoms with Crippen LogP contribution in [-0.2, 0) is 25.5 Å². The summed E-state index contributed by atoms with van der Waals surface area (Å²) >= 11 is 0. The van der Waals surface area contributed by atoms with E-state index in [-0.39, 0.29) is 48.0 Å². The van der Waals surface area contributed by atoms with Crippen molar-refractivity contribution in [3.05, 3.63) is 69.9 Å². The van der Waals surface area contributed by atoms with Crippen LogP contribution in [0.5, 0.6) is 0 Å². The van der Waals surface area contributed by atoms with Gasteiger partial charge in [0, 0.05) is 78.0 Å². The number of halogens is 2. The van der Waals surface area contributed by atoms with Crippen molar-refractivity contribution in [3.63, 3.8) is 0 Å². The SMILES string of the molecule is C=NN1C=CC(N2CCNCC2)=N/C1=C(/C)C(=O)Nc1cn(C2CCC(CN3CCC(OCCCc4ccc5c(c4)oc(=O)n5C4CCC(=O)NC4=O)CC3)CC2)nc1C(F)F. The van der Waals surface area contributed by atoms with Crippen LogP contribution in [-0.4, -0.2) is 118 Å². The zero-order valence-corrected chi connectivity index (χ0v) is 35.1. The molecular formula is C43H55F2N11O6. The molecule has 19 heteroatoms. The number of hydrogen-bond donors (Lipinski definition) is 3. The fourth-order valence-electron chi connectivity index (χ4n) is 9.21. The van der Waals surface area contributed by atoms with E-state index >= 15 is 0 Å². The number of aryl methyl sites for hydroxylation is 1. The highest BCUT2D eigenvalue weighted by Gasteiger charge is 2.32. The van der Waals surface area contributed by atoms with Crippen molar-refractivity contribution in [1.82, 2.24) is 39.8 Å². The number of carbonyl (C=O) groups excluding carboxylic acids is 3. The van der Waals surface area contributed by atoms with Gasteiger partial charge in [-0.25, -0.2) is 23.6 Å². The minimum absolute atomic E-state index is 0.0106. The summed E-state index contributed by atoms with van der Waals surface area (Å²) in [6, 6.07) is 4.76. The Kier molecular flexibility index (Phi) is 13.4. The lowest BCUT2D eigenvalue weighted by Gasteiger charge is -2.36. The number of imide groups is 1. The van der Waals surface area contributed by atoms with E-state index in [2.05, 4.69) is 42.7 Å². The third-order valence-corrected chi connectivity index (χ3v) is 12.7. The van der Waals surface area contributed by atoms with E-state index in [0.717, 1.165) is 103 Å². The van der Waals surface area contributed by atoms with Gasteiger partial charge in [-0.05, 0) is 94.4 Å². The summed E-state index contributed by atoms with van der Waals surface area (Å²) in [6.45, 7) is 11.9. The number of piperidine rings is 2. The van der Waals surface area contributed by atoms with Gasteiger partial charge in [0.2, 0.25) is 11.8 Å². The first-order valence-electron chi connectivity index (χ1n) is 21.7. The van der Waals surface area contributed by atoms with Gasteiger partial charge in [-0.1, -0.05) is 6.07 Å². The largest absolute Gasteiger partial charge is 0.420 e. The Labute approximate surface area is 357 Å². The molecule has 2 aromatic heterocycles. The first-order chi connectivity index (χ1) is 30.0. The van der Waals surface area contributed by atoms with Gasteiger partial charge in [0.15, 0.2) is 17.1 Å². The van der Waals surface area contributed by atoms with Crippen LogP contribution in [0.4, 0.5) is 14.5 Å². The molecule has 332 valence electrons. The van der Waals surface area contributed by atoms with Crippen molar-refractivity contribution in [2.45, 2.75) is 95.7 Å². The van der Waals surface area contributed by atoms with Gasteiger partial charge in [-0.2, -0.15) is 10.2 Å². The van der Waals surface area contributed by atoms with Crippen molar-refractivity contribution in [2.75, 3.05) is 57.7 Å². The lowest BCUT2D eigenvalue weighted by Crippen LogP contribution is -2.46. The molecule has 0 bridgehead atoms. The van der Waals surface area contributed by atoms with Crippen molar-refractivity contribution < 1.29 is 32.3 Å². The van der Waals surface area contributed by atoms with Crippen molar-refractivity contribution in [3.8, 4) is 0 Å². The number of nitrogens with zero attached hydrogens (tertiary/aromatic N) is 8. The zero-order valence-electron chi connectivity index (χ0n) is 35.1. The Morgan fingerprint density at radius 2 is 1.84 bits per heavy atom. The number of rotatable bonds is 13. The van der Waals surface area contributed by atoms with Gasteiger partial charge in [-0.15, -0.1) is 0 Å². The maximum atomic E-state index is 14.3. The highest BCUT2D eigenvalue weighted by molar-refractivity contribution is 6.05. The van der Waals surface area contributed by atoms with Crippen LogP contribution in [0.2, 0.25) is 0 Å². The molecule has 1 aliphatic carbocycles. The Bertz CT molecular complexity index is 2290. The third-order valence-electron chi connectivity index (χ3n) is 12.7. The number of carbonyl (C=O) groups is 3. The summed E-state index contributed by atoms with van der Waals surface area (Å²) in [5.41, 5.74) is 1.71. The summed E-state index contributed by atoms with van der Waals surface area (Å²) in [5.74, 6) is -0.536. The second-order valence-corrected chi connectivity index (χ2v) is 16.8. The van der Waals surface area contributed by atoms with Crippen molar-refractivity contribution in [2.24, 2.45) is 16.0 Å². The monoisotopic (exact) mass is 859 g/mol. The molecule has 1 aromatic carbocycles. The highest BCUT2D eigenvalue weighted by Crippen LogP contribution is 2.36. The van der Waals surface area contributed by atoms with Crippen LogP contribution in [0, 0.1) is 5.92 Å². The lowest BCUT2D eigenvalue weighted by molar-refractivity contribution is -0.135. The Morgan fingerprint density at radius 1 is 1.06 bits per heavy atom. The molecule has 4 fully saturated rings. The number of oxazole rings is 1. The van der Waals surface area contributed by atoms with E-state index in [1.165, 1.54) is 15.8 Å². The molecule has 1 saturated carbocycles. The maximum Gasteiger partial charge on any atom is 0.420 e. The number of hydrogen-bond acceptors (Lipinski definition) is 13. The highest BCUT2D eigenvalue weighted by atomic mass is 19.3. The van der Waals surface area contributed by atoms with Gasteiger partial charge < -0.3 is 29.6 Å². The number of amides is 3. The molecule has 8 rings (SSSR count). The van der Waals surface area contributed by atoms with Crippen LogP contribution in [0.3, 0.4) is 0 Å². The molecule has 3 amide bonds. The van der Waals surface area contributed by atoms with Crippen LogP contribution in [0.25, 0.3) is 11.1 Å². The van der Waals surface area contributed by atoms with E-state index in [1.54, 1.807) is 23.9 Å². The van der Waals surface area contributed by atoms with Crippen LogP contribution >= 0.6 is 0 Å². The van der Waals surface area contributed by atoms with E-state index < -0.39 is 35.7 Å². The molecule has 62 heavy (non-hydrogen) atoms. The standard InChI is InChI=1S/C43H55F2N11O6/c1-27(40-49-36(15-20-54(40)46-2)53-21-16-47-17-22-53)41(58)48-32-26-55(51-38(32)39(44)45)30-8-5-29(6-9-30)25-52-18-13-31(14-19-52)61-23-3-4-28-7-10-33-35(24-28)62-43(60)56(33)34-11-12-37(57)50-42(34)59/h7,10,15,20,24,26,29-31,34,39,47H,2-6,8-9,11-14,16-19,21-23,25H2,1H3,(H,48,58)(H,50,57,59)/b40-27+. The molecular weight excluding hydrogens is 805 g/mol. The molecule has 1 unspecified atom stereocenters. The number of ether oxygens (including phenoxy) is 1. The van der Waals surface area contributed by atoms with Gasteiger partial charge in [0.25, 0.3) is 12.3 Å². The maximum absolute atomic E-state index is 14.3. The average Bonchev–Trinajstić information content (AvgIpc) is 3.85. The normalized spacial score (nSPS) is 23.8. The number of anilines is 1. The van der Waals surface area contributed by atoms with Gasteiger partial charge in [0.1, 0.15) is 11.9 Å². The summed E-state index contributed by atoms with van der Waals surface area (Å²) < 4.78 is 43.2. The topological polar surface area (TPSA) is 184 Å². The van der Waals surface area contributed by atoms with E-state index in [9.17, 15) is 28.0 Å².